The Kier molecular flexibility index (Phi) is 2.46. The molecule has 6 heavy (non-hydrogen) atoms. The first-order valence-electron chi connectivity index (χ1n) is 2.00. The molecule has 35 valence electrons. The predicted molar refractivity (Wildman–Crippen MR) is 26.7 cm³/mol. The highest BCUT2D eigenvalue weighted by atomic mass is 14.8. The Labute approximate surface area is 38.1 Å². The van der Waals surface area contributed by atoms with E-state index in [0.717, 1.165) is 6.54 Å². The van der Waals surface area contributed by atoms with Crippen LogP contribution in [0.25, 0.3) is 0 Å². The van der Waals surface area contributed by atoms with Crippen LogP contribution in [0, 0.1) is 0 Å². The lowest BCUT2D eigenvalue weighted by Crippen LogP contribution is -1.89. The van der Waals surface area contributed by atoms with Crippen LogP contribution in [0.15, 0.2) is 4.99 Å². The summed E-state index contributed by atoms with van der Waals surface area (Å²) < 4.78 is 0. The molecule has 0 spiro atoms. The Morgan fingerprint density at radius 1 is 1.83 bits per heavy atom. The minimum absolute atomic E-state index is 0.414. The summed E-state index contributed by atoms with van der Waals surface area (Å²) in [7, 11) is 0. The van der Waals surface area contributed by atoms with Gasteiger partial charge in [-0.2, -0.15) is 0 Å². The molecule has 0 fully saturated rings. The highest BCUT2D eigenvalue weighted by Gasteiger charge is 1.69. The first-order chi connectivity index (χ1) is 2.77. The van der Waals surface area contributed by atoms with Gasteiger partial charge in [0, 0.05) is 6.54 Å². The minimum atomic E-state index is 0.414. The lowest BCUT2D eigenvalue weighted by Gasteiger charge is -1.79. The Hall–Kier alpha value is -0.530. The Morgan fingerprint density at radius 3 is 2.33 bits per heavy atom. The van der Waals surface area contributed by atoms with Crippen LogP contribution in [0.5, 0.6) is 0 Å². The first-order valence-corrected chi connectivity index (χ1v) is 2.00. The maximum absolute atomic E-state index is 6.73. The van der Waals surface area contributed by atoms with Gasteiger partial charge in [0.25, 0.3) is 0 Å². The molecular formula is C4H9N2. The second-order valence-corrected chi connectivity index (χ2v) is 1.06. The average Bonchev–Trinajstić information content (AvgIpc) is 1.35. The van der Waals surface area contributed by atoms with Crippen LogP contribution in [0.3, 0.4) is 0 Å². The van der Waals surface area contributed by atoms with Gasteiger partial charge >= 0.3 is 0 Å². The zero-order valence-electron chi connectivity index (χ0n) is 4.15. The summed E-state index contributed by atoms with van der Waals surface area (Å²) in [6.07, 6.45) is 0. The molecule has 0 unspecified atom stereocenters. The van der Waals surface area contributed by atoms with Gasteiger partial charge in [-0.15, -0.1) is 0 Å². The zero-order valence-corrected chi connectivity index (χ0v) is 4.15. The number of nitrogens with one attached hydrogen (secondary N) is 1. The molecule has 0 atom stereocenters. The lowest BCUT2D eigenvalue weighted by molar-refractivity contribution is 1.11. The number of hydrogen-bond acceptors (Lipinski definition) is 1. The average molecular weight is 85.1 g/mol. The van der Waals surface area contributed by atoms with Gasteiger partial charge < -0.3 is 0 Å². The molecule has 2 heteroatoms. The standard InChI is InChI=1S/C4H9N2/c1-3-6-4(2)5/h5H,3H2,1-2H3. The topological polar surface area (TPSA) is 36.2 Å². The van der Waals surface area contributed by atoms with Crippen LogP contribution < -0.4 is 5.73 Å². The van der Waals surface area contributed by atoms with Gasteiger partial charge in [-0.1, -0.05) is 0 Å². The number of nitrogens with zero attached hydrogens (tertiary/aromatic N) is 1. The fourth-order valence-electron chi connectivity index (χ4n) is 0.237. The molecule has 1 N–H and O–H groups in total. The van der Waals surface area contributed by atoms with Gasteiger partial charge in [-0.3, -0.25) is 10.7 Å². The predicted octanol–water partition coefficient (Wildman–Crippen LogP) is 0.708. The molecule has 0 aromatic heterocycles. The van der Waals surface area contributed by atoms with Crippen molar-refractivity contribution in [3.05, 3.63) is 0 Å². The number of amidine groups is 1. The van der Waals surface area contributed by atoms with Gasteiger partial charge in [0.15, 0.2) is 0 Å². The summed E-state index contributed by atoms with van der Waals surface area (Å²) in [5.74, 6) is 0.414. The first kappa shape index (κ1) is 5.47. The van der Waals surface area contributed by atoms with Crippen molar-refractivity contribution < 1.29 is 0 Å². The van der Waals surface area contributed by atoms with Crippen LogP contribution >= 0.6 is 0 Å². The number of hydrogen-bond donors (Lipinski definition) is 0. The molecule has 0 bridgehead atoms. The quantitative estimate of drug-likeness (QED) is 0.332. The molecular weight excluding hydrogens is 76.1 g/mol. The van der Waals surface area contributed by atoms with Gasteiger partial charge in [-0.05, 0) is 13.8 Å². The van der Waals surface area contributed by atoms with Gasteiger partial charge in [0.2, 0.25) is 0 Å². The second kappa shape index (κ2) is 2.69. The van der Waals surface area contributed by atoms with E-state index in [4.69, 9.17) is 5.73 Å². The molecule has 0 aliphatic carbocycles. The molecule has 0 saturated heterocycles. The van der Waals surface area contributed by atoms with Gasteiger partial charge in [-0.25, -0.2) is 0 Å². The van der Waals surface area contributed by atoms with Crippen molar-refractivity contribution in [3.63, 3.8) is 0 Å². The smallest absolute Gasteiger partial charge is 0.112 e. The molecule has 0 aromatic rings. The van der Waals surface area contributed by atoms with Crippen LogP contribution in [0.2, 0.25) is 0 Å². The fraction of sp³-hybridized carbons (Fsp3) is 0.750. The lowest BCUT2D eigenvalue weighted by atomic mass is 10.7. The van der Waals surface area contributed by atoms with Crippen LogP contribution in [-0.4, -0.2) is 12.4 Å². The molecule has 0 rings (SSSR count). The Bertz CT molecular complexity index is 52.6. The van der Waals surface area contributed by atoms with E-state index >= 15 is 0 Å². The van der Waals surface area contributed by atoms with Crippen molar-refractivity contribution in [2.24, 2.45) is 4.99 Å². The fourth-order valence-corrected chi connectivity index (χ4v) is 0.237. The molecule has 0 saturated carbocycles. The molecule has 1 radical (unpaired) electrons. The zero-order chi connectivity index (χ0) is 4.99. The monoisotopic (exact) mass is 85.1 g/mol. The van der Waals surface area contributed by atoms with E-state index in [2.05, 4.69) is 4.99 Å². The highest BCUT2D eigenvalue weighted by molar-refractivity contribution is 5.76. The van der Waals surface area contributed by atoms with Crippen molar-refractivity contribution >= 4 is 5.84 Å². The maximum Gasteiger partial charge on any atom is 0.112 e. The van der Waals surface area contributed by atoms with E-state index in [-0.39, 0.29) is 0 Å². The summed E-state index contributed by atoms with van der Waals surface area (Å²) in [6, 6.07) is 0. The van der Waals surface area contributed by atoms with Crippen molar-refractivity contribution in [2.75, 3.05) is 6.54 Å². The van der Waals surface area contributed by atoms with Gasteiger partial charge in [0.1, 0.15) is 5.84 Å². The largest absolute Gasteiger partial charge is 0.287 e. The van der Waals surface area contributed by atoms with Crippen molar-refractivity contribution in [3.8, 4) is 0 Å². The molecule has 2 nitrogen and oxygen atoms in total. The van der Waals surface area contributed by atoms with Gasteiger partial charge in [0.05, 0.1) is 0 Å². The third-order valence-corrected chi connectivity index (χ3v) is 0.395. The van der Waals surface area contributed by atoms with E-state index in [9.17, 15) is 0 Å². The van der Waals surface area contributed by atoms with Crippen molar-refractivity contribution in [1.82, 2.24) is 5.73 Å². The van der Waals surface area contributed by atoms with E-state index in [0.29, 0.717) is 5.84 Å². The summed E-state index contributed by atoms with van der Waals surface area (Å²) in [5, 5.41) is 0. The number of rotatable bonds is 1. The van der Waals surface area contributed by atoms with E-state index in [1.54, 1.807) is 6.92 Å². The Morgan fingerprint density at radius 2 is 2.33 bits per heavy atom. The van der Waals surface area contributed by atoms with Crippen LogP contribution in [0.4, 0.5) is 0 Å². The molecule has 0 amide bonds. The van der Waals surface area contributed by atoms with Crippen molar-refractivity contribution in [2.45, 2.75) is 13.8 Å². The second-order valence-electron chi connectivity index (χ2n) is 1.06. The maximum atomic E-state index is 6.73. The van der Waals surface area contributed by atoms with E-state index < -0.39 is 0 Å². The van der Waals surface area contributed by atoms with E-state index in [1.165, 1.54) is 0 Å². The SMILES string of the molecule is CCN=C(C)[NH]. The highest BCUT2D eigenvalue weighted by Crippen LogP contribution is 1.65. The molecule has 0 aliphatic heterocycles. The molecule has 0 aromatic carbocycles. The summed E-state index contributed by atoms with van der Waals surface area (Å²) in [6.45, 7) is 4.32. The summed E-state index contributed by atoms with van der Waals surface area (Å²) in [4.78, 5) is 3.71. The number of aliphatic imine (C=N–C) groups is 1. The van der Waals surface area contributed by atoms with Crippen LogP contribution in [0.1, 0.15) is 13.8 Å². The summed E-state index contributed by atoms with van der Waals surface area (Å²) in [5.41, 5.74) is 6.73. The third kappa shape index (κ3) is 3.47. The van der Waals surface area contributed by atoms with Crippen molar-refractivity contribution in [1.29, 1.82) is 0 Å². The van der Waals surface area contributed by atoms with Crippen LogP contribution in [-0.2, 0) is 0 Å². The minimum Gasteiger partial charge on any atom is -0.287 e. The normalized spacial score (nSPS) is 12.0. The Balaban J connectivity index is 3.14. The molecule has 0 heterocycles. The molecule has 0 aliphatic rings. The third-order valence-electron chi connectivity index (χ3n) is 0.395. The summed E-state index contributed by atoms with van der Waals surface area (Å²) >= 11 is 0. The van der Waals surface area contributed by atoms with E-state index in [1.807, 2.05) is 6.92 Å².